The van der Waals surface area contributed by atoms with Gasteiger partial charge in [0.15, 0.2) is 0 Å². The summed E-state index contributed by atoms with van der Waals surface area (Å²) in [5.74, 6) is -0.611. The van der Waals surface area contributed by atoms with Gasteiger partial charge in [0, 0.05) is 11.3 Å². The topological polar surface area (TPSA) is 59.2 Å². The number of benzene rings is 2. The van der Waals surface area contributed by atoms with Gasteiger partial charge in [0.25, 0.3) is 5.56 Å². The molecular formula is C22H21NO3. The SMILES string of the molecule is CCOC(=O)c1c(-c2ccc(C)cc2)cc(-c2ccc(C)cc2)[nH]c1=O. The van der Waals surface area contributed by atoms with Gasteiger partial charge in [-0.3, -0.25) is 4.79 Å². The molecular weight excluding hydrogens is 326 g/mol. The van der Waals surface area contributed by atoms with Crippen molar-refractivity contribution in [2.45, 2.75) is 20.8 Å². The summed E-state index contributed by atoms with van der Waals surface area (Å²) in [7, 11) is 0. The lowest BCUT2D eigenvalue weighted by molar-refractivity contribution is 0.0525. The van der Waals surface area contributed by atoms with E-state index in [0.29, 0.717) is 11.3 Å². The number of hydrogen-bond acceptors (Lipinski definition) is 3. The molecule has 26 heavy (non-hydrogen) atoms. The van der Waals surface area contributed by atoms with Gasteiger partial charge in [-0.15, -0.1) is 0 Å². The number of esters is 1. The molecule has 0 radical (unpaired) electrons. The van der Waals surface area contributed by atoms with E-state index in [-0.39, 0.29) is 12.2 Å². The maximum absolute atomic E-state index is 12.7. The average molecular weight is 347 g/mol. The van der Waals surface area contributed by atoms with Crippen molar-refractivity contribution in [3.05, 3.63) is 81.6 Å². The Labute approximate surface area is 152 Å². The largest absolute Gasteiger partial charge is 0.462 e. The van der Waals surface area contributed by atoms with E-state index in [0.717, 1.165) is 22.3 Å². The molecule has 0 saturated heterocycles. The number of hydrogen-bond donors (Lipinski definition) is 1. The van der Waals surface area contributed by atoms with Gasteiger partial charge in [-0.25, -0.2) is 4.79 Å². The Bertz CT molecular complexity index is 983. The first-order valence-corrected chi connectivity index (χ1v) is 8.58. The molecule has 0 fully saturated rings. The van der Waals surface area contributed by atoms with Crippen LogP contribution in [-0.4, -0.2) is 17.6 Å². The van der Waals surface area contributed by atoms with E-state index in [1.807, 2.05) is 68.4 Å². The third kappa shape index (κ3) is 3.59. The van der Waals surface area contributed by atoms with Crippen LogP contribution in [0.2, 0.25) is 0 Å². The first-order valence-electron chi connectivity index (χ1n) is 8.58. The van der Waals surface area contributed by atoms with Gasteiger partial charge in [-0.05, 0) is 38.0 Å². The minimum absolute atomic E-state index is 0.0339. The Balaban J connectivity index is 2.22. The summed E-state index contributed by atoms with van der Waals surface area (Å²) in [6.45, 7) is 5.93. The molecule has 0 aliphatic heterocycles. The first kappa shape index (κ1) is 17.7. The van der Waals surface area contributed by atoms with Gasteiger partial charge >= 0.3 is 5.97 Å². The summed E-state index contributed by atoms with van der Waals surface area (Å²) in [5, 5.41) is 0. The molecule has 0 spiro atoms. The van der Waals surface area contributed by atoms with Crippen LogP contribution in [0, 0.1) is 13.8 Å². The molecule has 0 unspecified atom stereocenters. The van der Waals surface area contributed by atoms with Crippen molar-refractivity contribution in [2.75, 3.05) is 6.61 Å². The van der Waals surface area contributed by atoms with Crippen LogP contribution in [0.3, 0.4) is 0 Å². The molecule has 0 atom stereocenters. The number of aromatic nitrogens is 1. The van der Waals surface area contributed by atoms with Crippen LogP contribution < -0.4 is 5.56 Å². The van der Waals surface area contributed by atoms with Crippen molar-refractivity contribution in [3.8, 4) is 22.4 Å². The highest BCUT2D eigenvalue weighted by Gasteiger charge is 2.20. The predicted octanol–water partition coefficient (Wildman–Crippen LogP) is 4.50. The van der Waals surface area contributed by atoms with Crippen LogP contribution in [0.5, 0.6) is 0 Å². The minimum atomic E-state index is -0.611. The molecule has 0 aliphatic carbocycles. The fraction of sp³-hybridized carbons (Fsp3) is 0.182. The molecule has 1 N–H and O–H groups in total. The molecule has 4 heteroatoms. The maximum atomic E-state index is 12.7. The Morgan fingerprint density at radius 3 is 2.00 bits per heavy atom. The number of rotatable bonds is 4. The molecule has 0 bridgehead atoms. The number of pyridine rings is 1. The summed E-state index contributed by atoms with van der Waals surface area (Å²) in [6.07, 6.45) is 0. The van der Waals surface area contributed by atoms with Crippen LogP contribution in [0.1, 0.15) is 28.4 Å². The number of H-pyrrole nitrogens is 1. The molecule has 3 aromatic rings. The van der Waals surface area contributed by atoms with E-state index in [1.165, 1.54) is 0 Å². The van der Waals surface area contributed by atoms with Crippen LogP contribution in [-0.2, 0) is 4.74 Å². The van der Waals surface area contributed by atoms with Gasteiger partial charge in [0.1, 0.15) is 5.56 Å². The standard InChI is InChI=1S/C22H21NO3/c1-4-26-22(25)20-18(16-9-5-14(2)6-10-16)13-19(23-21(20)24)17-11-7-15(3)8-12-17/h5-13H,4H2,1-3H3,(H,23,24). The molecule has 132 valence electrons. The number of carbonyl (C=O) groups excluding carboxylic acids is 1. The Hall–Kier alpha value is -3.14. The Kier molecular flexibility index (Phi) is 5.03. The highest BCUT2D eigenvalue weighted by Crippen LogP contribution is 2.27. The van der Waals surface area contributed by atoms with Crippen molar-refractivity contribution >= 4 is 5.97 Å². The van der Waals surface area contributed by atoms with E-state index in [2.05, 4.69) is 4.98 Å². The molecule has 3 rings (SSSR count). The monoisotopic (exact) mass is 347 g/mol. The third-order valence-electron chi connectivity index (χ3n) is 4.24. The lowest BCUT2D eigenvalue weighted by atomic mass is 9.97. The second kappa shape index (κ2) is 7.40. The number of aryl methyl sites for hydroxylation is 2. The quantitative estimate of drug-likeness (QED) is 0.707. The zero-order chi connectivity index (χ0) is 18.7. The van der Waals surface area contributed by atoms with Crippen molar-refractivity contribution in [1.82, 2.24) is 4.98 Å². The van der Waals surface area contributed by atoms with Gasteiger partial charge in [0.2, 0.25) is 0 Å². The number of aromatic amines is 1. The number of carbonyl (C=O) groups is 1. The Morgan fingerprint density at radius 1 is 0.923 bits per heavy atom. The maximum Gasteiger partial charge on any atom is 0.344 e. The summed E-state index contributed by atoms with van der Waals surface area (Å²) < 4.78 is 5.10. The van der Waals surface area contributed by atoms with Gasteiger partial charge in [0.05, 0.1) is 6.61 Å². The lowest BCUT2D eigenvalue weighted by Crippen LogP contribution is -2.21. The molecule has 1 heterocycles. The highest BCUT2D eigenvalue weighted by atomic mass is 16.5. The summed E-state index contributed by atoms with van der Waals surface area (Å²) >= 11 is 0. The lowest BCUT2D eigenvalue weighted by Gasteiger charge is -2.12. The van der Waals surface area contributed by atoms with E-state index in [4.69, 9.17) is 4.74 Å². The van der Waals surface area contributed by atoms with Crippen molar-refractivity contribution in [3.63, 3.8) is 0 Å². The zero-order valence-corrected chi connectivity index (χ0v) is 15.1. The fourth-order valence-electron chi connectivity index (χ4n) is 2.82. The van der Waals surface area contributed by atoms with E-state index < -0.39 is 11.5 Å². The third-order valence-corrected chi connectivity index (χ3v) is 4.24. The van der Waals surface area contributed by atoms with Crippen LogP contribution in [0.25, 0.3) is 22.4 Å². The molecule has 0 aliphatic rings. The van der Waals surface area contributed by atoms with Crippen molar-refractivity contribution in [1.29, 1.82) is 0 Å². The molecule has 4 nitrogen and oxygen atoms in total. The second-order valence-electron chi connectivity index (χ2n) is 6.25. The van der Waals surface area contributed by atoms with Crippen molar-refractivity contribution < 1.29 is 9.53 Å². The van der Waals surface area contributed by atoms with Crippen LogP contribution in [0.4, 0.5) is 0 Å². The fourth-order valence-corrected chi connectivity index (χ4v) is 2.82. The first-order chi connectivity index (χ1) is 12.5. The number of ether oxygens (including phenoxy) is 1. The van der Waals surface area contributed by atoms with Gasteiger partial charge in [-0.2, -0.15) is 0 Å². The minimum Gasteiger partial charge on any atom is -0.462 e. The smallest absolute Gasteiger partial charge is 0.344 e. The van der Waals surface area contributed by atoms with E-state index >= 15 is 0 Å². The second-order valence-corrected chi connectivity index (χ2v) is 6.25. The van der Waals surface area contributed by atoms with Gasteiger partial charge in [-0.1, -0.05) is 59.7 Å². The van der Waals surface area contributed by atoms with Crippen molar-refractivity contribution in [2.24, 2.45) is 0 Å². The summed E-state index contributed by atoms with van der Waals surface area (Å²) in [5.41, 5.74) is 4.76. The zero-order valence-electron chi connectivity index (χ0n) is 15.1. The van der Waals surface area contributed by atoms with E-state index in [1.54, 1.807) is 6.92 Å². The molecule has 0 amide bonds. The Morgan fingerprint density at radius 2 is 1.46 bits per heavy atom. The molecule has 0 saturated carbocycles. The number of nitrogens with one attached hydrogen (secondary N) is 1. The predicted molar refractivity (Wildman–Crippen MR) is 103 cm³/mol. The van der Waals surface area contributed by atoms with E-state index in [9.17, 15) is 9.59 Å². The van der Waals surface area contributed by atoms with Crippen LogP contribution >= 0.6 is 0 Å². The summed E-state index contributed by atoms with van der Waals surface area (Å²) in [4.78, 5) is 27.9. The summed E-state index contributed by atoms with van der Waals surface area (Å²) in [6, 6.07) is 17.4. The average Bonchev–Trinajstić information content (AvgIpc) is 2.62. The van der Waals surface area contributed by atoms with Crippen LogP contribution in [0.15, 0.2) is 59.4 Å². The van der Waals surface area contributed by atoms with Gasteiger partial charge < -0.3 is 9.72 Å². The molecule has 1 aromatic heterocycles. The highest BCUT2D eigenvalue weighted by molar-refractivity contribution is 5.97. The normalized spacial score (nSPS) is 10.6. The molecule has 2 aromatic carbocycles.